The molecule has 0 aliphatic heterocycles. The Bertz CT molecular complexity index is 818. The Hall–Kier alpha value is -3.02. The van der Waals surface area contributed by atoms with E-state index in [1.807, 2.05) is 45.0 Å². The summed E-state index contributed by atoms with van der Waals surface area (Å²) in [6.45, 7) is 7.70. The van der Waals surface area contributed by atoms with Crippen LogP contribution in [0, 0.1) is 6.92 Å². The largest absolute Gasteiger partial charge is 0.497 e. The number of ether oxygens (including phenoxy) is 2. The van der Waals surface area contributed by atoms with Crippen LogP contribution in [0.2, 0.25) is 0 Å². The van der Waals surface area contributed by atoms with E-state index in [9.17, 15) is 9.59 Å². The highest BCUT2D eigenvalue weighted by Crippen LogP contribution is 2.18. The second-order valence-electron chi connectivity index (χ2n) is 7.25. The van der Waals surface area contributed by atoms with Gasteiger partial charge in [0, 0.05) is 12.6 Å². The molecule has 2 aromatic carbocycles. The highest BCUT2D eigenvalue weighted by molar-refractivity contribution is 5.88. The topological polar surface area (TPSA) is 67.9 Å². The van der Waals surface area contributed by atoms with Crippen molar-refractivity contribution < 1.29 is 19.1 Å². The van der Waals surface area contributed by atoms with E-state index in [1.165, 1.54) is 0 Å². The first kappa shape index (κ1) is 22.3. The fourth-order valence-corrected chi connectivity index (χ4v) is 2.86. The molecule has 0 bridgehead atoms. The predicted molar refractivity (Wildman–Crippen MR) is 113 cm³/mol. The van der Waals surface area contributed by atoms with Gasteiger partial charge >= 0.3 is 0 Å². The summed E-state index contributed by atoms with van der Waals surface area (Å²) in [7, 11) is 1.59. The van der Waals surface area contributed by atoms with Crippen molar-refractivity contribution in [3.63, 3.8) is 0 Å². The lowest BCUT2D eigenvalue weighted by molar-refractivity contribution is -0.142. The zero-order valence-corrected chi connectivity index (χ0v) is 17.8. The van der Waals surface area contributed by atoms with Gasteiger partial charge < -0.3 is 19.7 Å². The molecule has 0 saturated carbocycles. The van der Waals surface area contributed by atoms with Crippen molar-refractivity contribution >= 4 is 11.8 Å². The minimum atomic E-state index is -0.621. The molecule has 0 aromatic heterocycles. The molecule has 1 N–H and O–H groups in total. The van der Waals surface area contributed by atoms with Gasteiger partial charge in [0.15, 0.2) is 6.61 Å². The van der Waals surface area contributed by atoms with Crippen LogP contribution in [0.25, 0.3) is 0 Å². The zero-order valence-electron chi connectivity index (χ0n) is 17.8. The maximum Gasteiger partial charge on any atom is 0.261 e. The highest BCUT2D eigenvalue weighted by Gasteiger charge is 2.27. The average Bonchev–Trinajstić information content (AvgIpc) is 2.70. The first-order valence-electron chi connectivity index (χ1n) is 9.73. The van der Waals surface area contributed by atoms with Gasteiger partial charge in [0.25, 0.3) is 5.91 Å². The Morgan fingerprint density at radius 1 is 1.00 bits per heavy atom. The second kappa shape index (κ2) is 10.5. The van der Waals surface area contributed by atoms with Gasteiger partial charge in [-0.3, -0.25) is 9.59 Å². The lowest BCUT2D eigenvalue weighted by Gasteiger charge is -2.29. The van der Waals surface area contributed by atoms with Crippen LogP contribution >= 0.6 is 0 Å². The molecule has 6 heteroatoms. The van der Waals surface area contributed by atoms with E-state index in [2.05, 4.69) is 5.32 Å². The number of nitrogens with one attached hydrogen (secondary N) is 1. The van der Waals surface area contributed by atoms with Gasteiger partial charge in [0.2, 0.25) is 5.91 Å². The molecule has 2 aromatic rings. The van der Waals surface area contributed by atoms with Crippen molar-refractivity contribution in [2.75, 3.05) is 13.7 Å². The summed E-state index contributed by atoms with van der Waals surface area (Å²) in [6.07, 6.45) is 0. The third kappa shape index (κ3) is 6.52. The van der Waals surface area contributed by atoms with E-state index in [-0.39, 0.29) is 24.5 Å². The first-order chi connectivity index (χ1) is 13.8. The van der Waals surface area contributed by atoms with Gasteiger partial charge in [0.05, 0.1) is 7.11 Å². The molecule has 0 unspecified atom stereocenters. The van der Waals surface area contributed by atoms with Crippen LogP contribution in [-0.4, -0.2) is 42.5 Å². The average molecular weight is 399 g/mol. The zero-order chi connectivity index (χ0) is 21.4. The van der Waals surface area contributed by atoms with Crippen molar-refractivity contribution in [3.8, 4) is 11.5 Å². The van der Waals surface area contributed by atoms with Gasteiger partial charge in [-0.2, -0.15) is 0 Å². The molecular formula is C23H30N2O4. The van der Waals surface area contributed by atoms with E-state index in [0.29, 0.717) is 18.0 Å². The normalized spacial score (nSPS) is 11.7. The van der Waals surface area contributed by atoms with Crippen LogP contribution in [-0.2, 0) is 16.1 Å². The van der Waals surface area contributed by atoms with Crippen LogP contribution in [0.5, 0.6) is 11.5 Å². The summed E-state index contributed by atoms with van der Waals surface area (Å²) in [5.74, 6) is 0.833. The number of benzene rings is 2. The molecule has 0 heterocycles. The van der Waals surface area contributed by atoms with Gasteiger partial charge in [-0.05, 0) is 63.1 Å². The molecule has 0 aliphatic carbocycles. The van der Waals surface area contributed by atoms with Crippen LogP contribution in [0.15, 0.2) is 48.5 Å². The Kier molecular flexibility index (Phi) is 8.07. The molecule has 29 heavy (non-hydrogen) atoms. The van der Waals surface area contributed by atoms with Gasteiger partial charge in [-0.25, -0.2) is 0 Å². The summed E-state index contributed by atoms with van der Waals surface area (Å²) >= 11 is 0. The molecule has 156 valence electrons. The van der Waals surface area contributed by atoms with E-state index < -0.39 is 6.04 Å². The first-order valence-corrected chi connectivity index (χ1v) is 9.73. The molecule has 0 fully saturated rings. The third-order valence-electron chi connectivity index (χ3n) is 4.62. The highest BCUT2D eigenvalue weighted by atomic mass is 16.5. The summed E-state index contributed by atoms with van der Waals surface area (Å²) in [5.41, 5.74) is 2.06. The Morgan fingerprint density at radius 2 is 1.62 bits per heavy atom. The summed E-state index contributed by atoms with van der Waals surface area (Å²) in [5, 5.41) is 2.88. The Balaban J connectivity index is 2.14. The van der Waals surface area contributed by atoms with Crippen LogP contribution in [0.3, 0.4) is 0 Å². The second-order valence-corrected chi connectivity index (χ2v) is 7.25. The Morgan fingerprint density at radius 3 is 2.21 bits per heavy atom. The molecule has 0 aliphatic rings. The summed E-state index contributed by atoms with van der Waals surface area (Å²) in [6, 6.07) is 14.2. The van der Waals surface area contributed by atoms with Gasteiger partial charge in [-0.1, -0.05) is 24.3 Å². The maximum absolute atomic E-state index is 13.0. The minimum Gasteiger partial charge on any atom is -0.497 e. The fourth-order valence-electron chi connectivity index (χ4n) is 2.86. The number of carbonyl (C=O) groups is 2. The van der Waals surface area contributed by atoms with E-state index in [0.717, 1.165) is 11.1 Å². The number of rotatable bonds is 9. The van der Waals surface area contributed by atoms with Crippen molar-refractivity contribution in [3.05, 3.63) is 59.7 Å². The lowest BCUT2D eigenvalue weighted by atomic mass is 10.1. The predicted octanol–water partition coefficient (Wildman–Crippen LogP) is 3.32. The van der Waals surface area contributed by atoms with E-state index >= 15 is 0 Å². The van der Waals surface area contributed by atoms with E-state index in [1.54, 1.807) is 43.2 Å². The van der Waals surface area contributed by atoms with Gasteiger partial charge in [-0.15, -0.1) is 0 Å². The fraction of sp³-hybridized carbons (Fsp3) is 0.391. The number of hydrogen-bond donors (Lipinski definition) is 1. The standard InChI is InChI=1S/C23H30N2O4/c1-16(2)24-23(27)18(4)25(14-19-9-7-6-8-17(19)3)22(26)15-29-21-12-10-20(28-5)11-13-21/h6-13,16,18H,14-15H2,1-5H3,(H,24,27)/t18-/m1/s1. The molecule has 0 radical (unpaired) electrons. The molecule has 6 nitrogen and oxygen atoms in total. The lowest BCUT2D eigenvalue weighted by Crippen LogP contribution is -2.50. The van der Waals surface area contributed by atoms with Crippen molar-refractivity contribution in [2.24, 2.45) is 0 Å². The van der Waals surface area contributed by atoms with Crippen molar-refractivity contribution in [1.29, 1.82) is 0 Å². The third-order valence-corrected chi connectivity index (χ3v) is 4.62. The van der Waals surface area contributed by atoms with Crippen molar-refractivity contribution in [1.82, 2.24) is 10.2 Å². The number of carbonyl (C=O) groups excluding carboxylic acids is 2. The number of aryl methyl sites for hydroxylation is 1. The molecule has 2 amide bonds. The number of methoxy groups -OCH3 is 1. The van der Waals surface area contributed by atoms with E-state index in [4.69, 9.17) is 9.47 Å². The van der Waals surface area contributed by atoms with Crippen molar-refractivity contribution in [2.45, 2.75) is 46.3 Å². The number of amides is 2. The smallest absolute Gasteiger partial charge is 0.261 e. The molecule has 1 atom stereocenters. The molecule has 2 rings (SSSR count). The summed E-state index contributed by atoms with van der Waals surface area (Å²) in [4.78, 5) is 27.1. The maximum atomic E-state index is 13.0. The van der Waals surface area contributed by atoms with Crippen LogP contribution in [0.4, 0.5) is 0 Å². The SMILES string of the molecule is COc1ccc(OCC(=O)N(Cc2ccccc2C)[C@H](C)C(=O)NC(C)C)cc1. The number of hydrogen-bond acceptors (Lipinski definition) is 4. The minimum absolute atomic E-state index is 0.00378. The number of nitrogens with zero attached hydrogens (tertiary/aromatic N) is 1. The molecule has 0 spiro atoms. The van der Waals surface area contributed by atoms with Crippen LogP contribution in [0.1, 0.15) is 31.9 Å². The van der Waals surface area contributed by atoms with Gasteiger partial charge in [0.1, 0.15) is 17.5 Å². The monoisotopic (exact) mass is 398 g/mol. The summed E-state index contributed by atoms with van der Waals surface area (Å²) < 4.78 is 10.8. The molecular weight excluding hydrogens is 368 g/mol. The Labute approximate surface area is 172 Å². The quantitative estimate of drug-likeness (QED) is 0.704. The van der Waals surface area contributed by atoms with Crippen LogP contribution < -0.4 is 14.8 Å². The molecule has 0 saturated heterocycles.